The average molecular weight is 430 g/mol. The fourth-order valence-electron chi connectivity index (χ4n) is 1.97. The quantitative estimate of drug-likeness (QED) is 0.500. The molecule has 1 aromatic rings. The molecule has 0 fully saturated rings. The summed E-state index contributed by atoms with van der Waals surface area (Å²) in [5.41, 5.74) is -0.505. The fourth-order valence-corrected chi connectivity index (χ4v) is 3.22. The van der Waals surface area contributed by atoms with Gasteiger partial charge in [-0.3, -0.25) is 4.18 Å². The standard InChI is InChI=1S/C20H31NO7S/c1-19(2,3)14-27-29(24,25)13-16(17(22)28-20(4,5)6)21-18(23)26-12-15-10-8-7-9-11-15/h7-11,16H,12-14H2,1-6H3,(H,21,23)/t16-/m0/s1. The van der Waals surface area contributed by atoms with Crippen molar-refractivity contribution in [2.45, 2.75) is 59.8 Å². The molecular formula is C20H31NO7S. The third-order valence-electron chi connectivity index (χ3n) is 3.24. The van der Waals surface area contributed by atoms with Crippen LogP contribution in [0.4, 0.5) is 4.79 Å². The van der Waals surface area contributed by atoms with Gasteiger partial charge in [-0.2, -0.15) is 8.42 Å². The molecule has 1 aromatic carbocycles. The predicted molar refractivity (Wildman–Crippen MR) is 109 cm³/mol. The first-order valence-corrected chi connectivity index (χ1v) is 10.8. The number of carbonyl (C=O) groups is 2. The molecule has 0 unspecified atom stereocenters. The van der Waals surface area contributed by atoms with Crippen LogP contribution in [0, 0.1) is 5.41 Å². The van der Waals surface area contributed by atoms with E-state index >= 15 is 0 Å². The molecule has 0 radical (unpaired) electrons. The first-order chi connectivity index (χ1) is 13.2. The maximum atomic E-state index is 12.4. The van der Waals surface area contributed by atoms with E-state index in [4.69, 9.17) is 13.7 Å². The Hall–Kier alpha value is -2.13. The largest absolute Gasteiger partial charge is 0.458 e. The van der Waals surface area contributed by atoms with Gasteiger partial charge in [0.1, 0.15) is 24.0 Å². The minimum Gasteiger partial charge on any atom is -0.458 e. The second kappa shape index (κ2) is 10.1. The lowest BCUT2D eigenvalue weighted by molar-refractivity contribution is -0.156. The van der Waals surface area contributed by atoms with Crippen molar-refractivity contribution in [1.29, 1.82) is 0 Å². The second-order valence-electron chi connectivity index (χ2n) is 8.84. The molecule has 0 bridgehead atoms. The van der Waals surface area contributed by atoms with Crippen LogP contribution in [0.5, 0.6) is 0 Å². The van der Waals surface area contributed by atoms with Gasteiger partial charge in [0.15, 0.2) is 0 Å². The molecule has 8 nitrogen and oxygen atoms in total. The molecule has 0 aliphatic rings. The predicted octanol–water partition coefficient (Wildman–Crippen LogP) is 3.02. The summed E-state index contributed by atoms with van der Waals surface area (Å²) in [4.78, 5) is 24.6. The number of benzene rings is 1. The first-order valence-electron chi connectivity index (χ1n) is 9.24. The van der Waals surface area contributed by atoms with Crippen molar-refractivity contribution in [2.24, 2.45) is 5.41 Å². The summed E-state index contributed by atoms with van der Waals surface area (Å²) in [5.74, 6) is -1.66. The van der Waals surface area contributed by atoms with Gasteiger partial charge in [-0.05, 0) is 31.7 Å². The minimum atomic E-state index is -4.10. The van der Waals surface area contributed by atoms with Crippen LogP contribution in [0.3, 0.4) is 0 Å². The van der Waals surface area contributed by atoms with E-state index in [2.05, 4.69) is 5.32 Å². The van der Waals surface area contributed by atoms with Gasteiger partial charge < -0.3 is 14.8 Å². The Balaban J connectivity index is 2.82. The highest BCUT2D eigenvalue weighted by Gasteiger charge is 2.33. The summed E-state index contributed by atoms with van der Waals surface area (Å²) in [6, 6.07) is 7.47. The topological polar surface area (TPSA) is 108 Å². The number of nitrogens with one attached hydrogen (secondary N) is 1. The van der Waals surface area contributed by atoms with E-state index in [1.54, 1.807) is 45.0 Å². The number of carbonyl (C=O) groups excluding carboxylic acids is 2. The van der Waals surface area contributed by atoms with Gasteiger partial charge in [0.25, 0.3) is 10.1 Å². The molecule has 0 spiro atoms. The highest BCUT2D eigenvalue weighted by molar-refractivity contribution is 7.86. The summed E-state index contributed by atoms with van der Waals surface area (Å²) in [7, 11) is -4.10. The molecule has 0 saturated heterocycles. The highest BCUT2D eigenvalue weighted by atomic mass is 32.2. The maximum absolute atomic E-state index is 12.4. The zero-order valence-corrected chi connectivity index (χ0v) is 18.7. The molecule has 1 atom stereocenters. The third kappa shape index (κ3) is 11.5. The molecule has 1 amide bonds. The normalized spacial score (nSPS) is 13.4. The van der Waals surface area contributed by atoms with E-state index in [9.17, 15) is 18.0 Å². The molecule has 1 rings (SSSR count). The fraction of sp³-hybridized carbons (Fsp3) is 0.600. The van der Waals surface area contributed by atoms with Crippen molar-refractivity contribution in [3.05, 3.63) is 35.9 Å². The number of rotatable bonds is 8. The van der Waals surface area contributed by atoms with Gasteiger partial charge >= 0.3 is 12.1 Å². The molecule has 0 aromatic heterocycles. The molecule has 0 aliphatic carbocycles. The van der Waals surface area contributed by atoms with E-state index in [0.29, 0.717) is 0 Å². The number of ether oxygens (including phenoxy) is 2. The molecule has 29 heavy (non-hydrogen) atoms. The van der Waals surface area contributed by atoms with Gasteiger partial charge in [0, 0.05) is 0 Å². The van der Waals surface area contributed by atoms with Crippen LogP contribution in [-0.4, -0.2) is 44.5 Å². The van der Waals surface area contributed by atoms with Crippen molar-refractivity contribution < 1.29 is 31.7 Å². The Morgan fingerprint density at radius 1 is 1.03 bits per heavy atom. The van der Waals surface area contributed by atoms with Crippen LogP contribution in [0.15, 0.2) is 30.3 Å². The van der Waals surface area contributed by atoms with Gasteiger partial charge in [-0.1, -0.05) is 51.1 Å². The van der Waals surface area contributed by atoms with Gasteiger partial charge in [0.05, 0.1) is 6.61 Å². The third-order valence-corrected chi connectivity index (χ3v) is 4.46. The van der Waals surface area contributed by atoms with Gasteiger partial charge in [-0.15, -0.1) is 0 Å². The highest BCUT2D eigenvalue weighted by Crippen LogP contribution is 2.16. The Morgan fingerprint density at radius 3 is 2.14 bits per heavy atom. The van der Waals surface area contributed by atoms with Crippen molar-refractivity contribution >= 4 is 22.2 Å². The Morgan fingerprint density at radius 2 is 1.62 bits per heavy atom. The smallest absolute Gasteiger partial charge is 0.408 e. The van der Waals surface area contributed by atoms with Crippen molar-refractivity contribution in [3.63, 3.8) is 0 Å². The number of hydrogen-bond acceptors (Lipinski definition) is 7. The molecule has 0 aliphatic heterocycles. The molecule has 0 saturated carbocycles. The van der Waals surface area contributed by atoms with Crippen LogP contribution >= 0.6 is 0 Å². The summed E-state index contributed by atoms with van der Waals surface area (Å²) in [6.07, 6.45) is -0.935. The first kappa shape index (κ1) is 24.9. The summed E-state index contributed by atoms with van der Waals surface area (Å²) in [5, 5.41) is 2.27. The van der Waals surface area contributed by atoms with Crippen LogP contribution in [0.2, 0.25) is 0 Å². The summed E-state index contributed by atoms with van der Waals surface area (Å²) < 4.78 is 39.9. The van der Waals surface area contributed by atoms with E-state index in [-0.39, 0.29) is 13.2 Å². The Kier molecular flexibility index (Phi) is 8.65. The number of alkyl carbamates (subject to hydrolysis) is 1. The van der Waals surface area contributed by atoms with E-state index < -0.39 is 45.0 Å². The molecular weight excluding hydrogens is 398 g/mol. The Labute approximate surface area is 173 Å². The van der Waals surface area contributed by atoms with E-state index in [1.165, 1.54) is 0 Å². The van der Waals surface area contributed by atoms with Crippen LogP contribution in [-0.2, 0) is 35.2 Å². The number of hydrogen-bond donors (Lipinski definition) is 1. The Bertz CT molecular complexity index is 777. The van der Waals surface area contributed by atoms with E-state index in [1.807, 2.05) is 26.8 Å². The van der Waals surface area contributed by atoms with E-state index in [0.717, 1.165) is 5.56 Å². The van der Waals surface area contributed by atoms with Crippen molar-refractivity contribution in [3.8, 4) is 0 Å². The van der Waals surface area contributed by atoms with Gasteiger partial charge in [0.2, 0.25) is 0 Å². The maximum Gasteiger partial charge on any atom is 0.408 e. The lowest BCUT2D eigenvalue weighted by Crippen LogP contribution is -2.48. The zero-order chi connectivity index (χ0) is 22.3. The monoisotopic (exact) mass is 429 g/mol. The van der Waals surface area contributed by atoms with Crippen molar-refractivity contribution in [1.82, 2.24) is 5.32 Å². The van der Waals surface area contributed by atoms with Crippen LogP contribution < -0.4 is 5.32 Å². The lowest BCUT2D eigenvalue weighted by Gasteiger charge is -2.25. The molecule has 9 heteroatoms. The average Bonchev–Trinajstić information content (AvgIpc) is 2.56. The summed E-state index contributed by atoms with van der Waals surface area (Å²) in [6.45, 7) is 10.3. The molecule has 164 valence electrons. The van der Waals surface area contributed by atoms with Crippen molar-refractivity contribution in [2.75, 3.05) is 12.4 Å². The van der Waals surface area contributed by atoms with Crippen LogP contribution in [0.1, 0.15) is 47.1 Å². The zero-order valence-electron chi connectivity index (χ0n) is 17.9. The SMILES string of the molecule is CC(C)(C)COS(=O)(=O)C[C@H](NC(=O)OCc1ccccc1)C(=O)OC(C)(C)C. The second-order valence-corrected chi connectivity index (χ2v) is 10.5. The number of esters is 1. The lowest BCUT2D eigenvalue weighted by atomic mass is 9.99. The summed E-state index contributed by atoms with van der Waals surface area (Å²) >= 11 is 0. The molecule has 0 heterocycles. The van der Waals surface area contributed by atoms with Gasteiger partial charge in [-0.25, -0.2) is 9.59 Å². The molecule has 1 N–H and O–H groups in total. The minimum absolute atomic E-state index is 0.0268. The number of amides is 1. The van der Waals surface area contributed by atoms with Crippen LogP contribution in [0.25, 0.3) is 0 Å².